The van der Waals surface area contributed by atoms with Crippen molar-refractivity contribution < 1.29 is 22.8 Å². The number of benzene rings is 1. The van der Waals surface area contributed by atoms with Crippen LogP contribution in [0.1, 0.15) is 64.0 Å². The van der Waals surface area contributed by atoms with E-state index < -0.39 is 28.7 Å². The van der Waals surface area contributed by atoms with E-state index in [9.17, 15) is 22.8 Å². The largest absolute Gasteiger partial charge is 0.417 e. The molecule has 7 nitrogen and oxygen atoms in total. The van der Waals surface area contributed by atoms with Crippen LogP contribution in [0.4, 0.5) is 18.9 Å². The zero-order chi connectivity index (χ0) is 27.4. The molecule has 2 aliphatic heterocycles. The zero-order valence-corrected chi connectivity index (χ0v) is 22.4. The van der Waals surface area contributed by atoms with Gasteiger partial charge in [0.2, 0.25) is 5.91 Å². The summed E-state index contributed by atoms with van der Waals surface area (Å²) in [5, 5.41) is 9.23. The quantitative estimate of drug-likeness (QED) is 0.344. The summed E-state index contributed by atoms with van der Waals surface area (Å²) in [5.41, 5.74) is -2.58. The van der Waals surface area contributed by atoms with Crippen LogP contribution in [-0.4, -0.2) is 76.4 Å². The first-order valence-electron chi connectivity index (χ1n) is 12.7. The molecule has 0 radical (unpaired) electrons. The number of amides is 2. The molecule has 1 aromatic carbocycles. The Hall–Kier alpha value is -2.71. The van der Waals surface area contributed by atoms with Crippen molar-refractivity contribution in [3.63, 3.8) is 0 Å². The molecule has 0 atom stereocenters. The molecule has 0 N–H and O–H groups in total. The maximum absolute atomic E-state index is 13.5. The average molecular weight is 538 g/mol. The Kier molecular flexibility index (Phi) is 9.18. The summed E-state index contributed by atoms with van der Waals surface area (Å²) >= 11 is 5.54. The third kappa shape index (κ3) is 6.41. The second-order valence-corrected chi connectivity index (χ2v) is 10.4. The lowest BCUT2D eigenvalue weighted by atomic mass is 10.0. The first-order chi connectivity index (χ1) is 17.4. The van der Waals surface area contributed by atoms with E-state index >= 15 is 0 Å². The highest BCUT2D eigenvalue weighted by Gasteiger charge is 2.49. The van der Waals surface area contributed by atoms with E-state index in [2.05, 4.69) is 4.90 Å². The summed E-state index contributed by atoms with van der Waals surface area (Å²) in [4.78, 5) is 32.4. The number of nitriles is 1. The van der Waals surface area contributed by atoms with Crippen molar-refractivity contribution in [2.24, 2.45) is 0 Å². The van der Waals surface area contributed by atoms with Crippen LogP contribution in [0.3, 0.4) is 0 Å². The third-order valence-corrected chi connectivity index (χ3v) is 7.46. The molecule has 1 aromatic rings. The van der Waals surface area contributed by atoms with Crippen LogP contribution in [0.15, 0.2) is 18.2 Å². The van der Waals surface area contributed by atoms with E-state index in [0.717, 1.165) is 75.4 Å². The Labute approximate surface area is 221 Å². The van der Waals surface area contributed by atoms with E-state index in [0.29, 0.717) is 13.0 Å². The molecular formula is C26H34F3N5O2S. The molecule has 0 spiro atoms. The second kappa shape index (κ2) is 11.8. The molecule has 2 saturated heterocycles. The number of unbranched alkanes of at least 4 members (excludes halogenated alkanes) is 2. The molecule has 0 aliphatic carbocycles. The lowest BCUT2D eigenvalue weighted by Crippen LogP contribution is -2.48. The molecule has 2 aliphatic rings. The van der Waals surface area contributed by atoms with Crippen molar-refractivity contribution in [3.05, 3.63) is 29.3 Å². The molecule has 0 saturated carbocycles. The van der Waals surface area contributed by atoms with Crippen LogP contribution in [0.2, 0.25) is 0 Å². The highest BCUT2D eigenvalue weighted by atomic mass is 32.1. The molecular weight excluding hydrogens is 503 g/mol. The monoisotopic (exact) mass is 537 g/mol. The lowest BCUT2D eigenvalue weighted by molar-refractivity contribution is -0.138. The van der Waals surface area contributed by atoms with Crippen molar-refractivity contribution in [1.82, 2.24) is 14.7 Å². The van der Waals surface area contributed by atoms with E-state index in [4.69, 9.17) is 17.5 Å². The van der Waals surface area contributed by atoms with Gasteiger partial charge in [-0.1, -0.05) is 13.3 Å². The Bertz CT molecular complexity index is 1060. The number of rotatable bonds is 9. The summed E-state index contributed by atoms with van der Waals surface area (Å²) in [6.07, 6.45) is -0.607. The van der Waals surface area contributed by atoms with Gasteiger partial charge >= 0.3 is 6.18 Å². The van der Waals surface area contributed by atoms with Gasteiger partial charge in [0.15, 0.2) is 5.11 Å². The van der Waals surface area contributed by atoms with Gasteiger partial charge in [-0.3, -0.25) is 19.4 Å². The molecule has 2 fully saturated rings. The predicted molar refractivity (Wildman–Crippen MR) is 139 cm³/mol. The fraction of sp³-hybridized carbons (Fsp3) is 0.615. The van der Waals surface area contributed by atoms with Crippen LogP contribution in [0, 0.1) is 11.3 Å². The standard InChI is InChI=1S/C26H34F3N5O2S/c1-4-8-22(35)32-15-13-31(14-16-32)11-6-5-7-12-33-24(37)34(23(36)25(33,2)3)20-10-9-19(18-30)21(17-20)26(27,28)29/h9-10,17H,4-8,11-16H2,1-3H3. The Morgan fingerprint density at radius 3 is 2.35 bits per heavy atom. The number of nitrogens with zero attached hydrogens (tertiary/aromatic N) is 5. The first kappa shape index (κ1) is 28.9. The van der Waals surface area contributed by atoms with Crippen molar-refractivity contribution in [2.75, 3.05) is 44.2 Å². The molecule has 2 heterocycles. The molecule has 202 valence electrons. The van der Waals surface area contributed by atoms with Gasteiger partial charge in [0, 0.05) is 39.1 Å². The van der Waals surface area contributed by atoms with Crippen molar-refractivity contribution in [2.45, 2.75) is 64.6 Å². The molecule has 37 heavy (non-hydrogen) atoms. The number of piperazine rings is 1. The summed E-state index contributed by atoms with van der Waals surface area (Å²) in [5.74, 6) is -0.170. The maximum atomic E-state index is 13.5. The van der Waals surface area contributed by atoms with Crippen LogP contribution in [-0.2, 0) is 15.8 Å². The van der Waals surface area contributed by atoms with Gasteiger partial charge in [-0.15, -0.1) is 0 Å². The van der Waals surface area contributed by atoms with Gasteiger partial charge in [-0.2, -0.15) is 18.4 Å². The van der Waals surface area contributed by atoms with Crippen molar-refractivity contribution in [3.8, 4) is 6.07 Å². The third-order valence-electron chi connectivity index (χ3n) is 7.06. The minimum atomic E-state index is -4.72. The van der Waals surface area contributed by atoms with E-state index in [1.807, 2.05) is 11.8 Å². The number of hydrogen-bond donors (Lipinski definition) is 0. The maximum Gasteiger partial charge on any atom is 0.417 e. The van der Waals surface area contributed by atoms with Gasteiger partial charge in [0.25, 0.3) is 5.91 Å². The number of halogens is 3. The Balaban J connectivity index is 1.55. The van der Waals surface area contributed by atoms with Gasteiger partial charge in [-0.05, 0) is 70.1 Å². The smallest absolute Gasteiger partial charge is 0.340 e. The van der Waals surface area contributed by atoms with Crippen LogP contribution in [0.25, 0.3) is 0 Å². The van der Waals surface area contributed by atoms with Gasteiger partial charge in [0.05, 0.1) is 22.9 Å². The van der Waals surface area contributed by atoms with Crippen LogP contribution >= 0.6 is 12.2 Å². The molecule has 3 rings (SSSR count). The summed E-state index contributed by atoms with van der Waals surface area (Å²) in [6, 6.07) is 4.77. The SMILES string of the molecule is CCCC(=O)N1CCN(CCCCCN2C(=S)N(c3ccc(C#N)c(C(F)(F)F)c3)C(=O)C2(C)C)CC1. The highest BCUT2D eigenvalue weighted by molar-refractivity contribution is 7.80. The number of alkyl halides is 3. The minimum absolute atomic E-state index is 0.00783. The fourth-order valence-electron chi connectivity index (χ4n) is 4.82. The van der Waals surface area contributed by atoms with Gasteiger partial charge in [0.1, 0.15) is 5.54 Å². The second-order valence-electron chi connectivity index (χ2n) is 10.0. The van der Waals surface area contributed by atoms with Gasteiger partial charge < -0.3 is 9.80 Å². The summed E-state index contributed by atoms with van der Waals surface area (Å²) in [6.45, 7) is 10.1. The van der Waals surface area contributed by atoms with Crippen LogP contribution < -0.4 is 4.90 Å². The fourth-order valence-corrected chi connectivity index (χ4v) is 5.32. The van der Waals surface area contributed by atoms with E-state index in [1.54, 1.807) is 24.8 Å². The van der Waals surface area contributed by atoms with Crippen LogP contribution in [0.5, 0.6) is 0 Å². The van der Waals surface area contributed by atoms with Crippen molar-refractivity contribution in [1.29, 1.82) is 5.26 Å². The number of thiocarbonyl (C=S) groups is 1. The molecule has 0 unspecified atom stereocenters. The predicted octanol–water partition coefficient (Wildman–Crippen LogP) is 4.40. The Morgan fingerprint density at radius 2 is 1.76 bits per heavy atom. The number of carbonyl (C=O) groups excluding carboxylic acids is 2. The topological polar surface area (TPSA) is 70.9 Å². The Morgan fingerprint density at radius 1 is 1.11 bits per heavy atom. The summed E-state index contributed by atoms with van der Waals surface area (Å²) in [7, 11) is 0. The molecule has 2 amide bonds. The molecule has 0 aromatic heterocycles. The highest BCUT2D eigenvalue weighted by Crippen LogP contribution is 2.38. The van der Waals surface area contributed by atoms with E-state index in [-0.39, 0.29) is 16.7 Å². The first-order valence-corrected chi connectivity index (χ1v) is 13.1. The zero-order valence-electron chi connectivity index (χ0n) is 21.6. The molecule has 0 bridgehead atoms. The normalized spacial score (nSPS) is 18.5. The number of hydrogen-bond acceptors (Lipinski definition) is 5. The number of carbonyl (C=O) groups is 2. The van der Waals surface area contributed by atoms with Crippen molar-refractivity contribution >= 4 is 34.8 Å². The van der Waals surface area contributed by atoms with Gasteiger partial charge in [-0.25, -0.2) is 0 Å². The minimum Gasteiger partial charge on any atom is -0.340 e. The van der Waals surface area contributed by atoms with E-state index in [1.165, 1.54) is 6.07 Å². The molecule has 11 heteroatoms. The summed E-state index contributed by atoms with van der Waals surface area (Å²) < 4.78 is 40.4. The average Bonchev–Trinajstić information content (AvgIpc) is 3.02. The number of anilines is 1. The lowest BCUT2D eigenvalue weighted by Gasteiger charge is -2.35.